The van der Waals surface area contributed by atoms with Gasteiger partial charge in [0.05, 0.1) is 18.2 Å². The van der Waals surface area contributed by atoms with Gasteiger partial charge in [-0.15, -0.1) is 0 Å². The largest absolute Gasteiger partial charge is 0.392 e. The Kier molecular flexibility index (Phi) is 5.51. The molecule has 2 rings (SSSR count). The summed E-state index contributed by atoms with van der Waals surface area (Å²) in [6.45, 7) is 0.961. The van der Waals surface area contributed by atoms with E-state index in [1.807, 2.05) is 0 Å². The molecule has 0 spiro atoms. The summed E-state index contributed by atoms with van der Waals surface area (Å²) >= 11 is 12.0. The smallest absolute Gasteiger partial charge is 0.244 e. The van der Waals surface area contributed by atoms with Crippen molar-refractivity contribution in [2.24, 2.45) is 5.92 Å². The number of ether oxygens (including phenoxy) is 1. The first kappa shape index (κ1) is 17.0. The van der Waals surface area contributed by atoms with Crippen LogP contribution >= 0.6 is 23.2 Å². The normalized spacial score (nSPS) is 20.1. The van der Waals surface area contributed by atoms with Gasteiger partial charge in [0, 0.05) is 30.8 Å². The standard InChI is InChI=1S/C13H17Cl2NO4S/c1-20-8-9-4-5-16(6-9)21(18,19)12-3-2-11(14)10(7-17)13(12)15/h2-3,9,17H,4-8H2,1H3. The molecule has 1 fully saturated rings. The molecule has 1 heterocycles. The number of benzene rings is 1. The fourth-order valence-electron chi connectivity index (χ4n) is 2.45. The van der Waals surface area contributed by atoms with Crippen molar-refractivity contribution in [3.8, 4) is 0 Å². The van der Waals surface area contributed by atoms with Crippen molar-refractivity contribution >= 4 is 33.2 Å². The molecular formula is C13H17Cl2NO4S. The first-order valence-corrected chi connectivity index (χ1v) is 8.68. The monoisotopic (exact) mass is 353 g/mol. The van der Waals surface area contributed by atoms with Crippen molar-refractivity contribution in [3.05, 3.63) is 27.7 Å². The van der Waals surface area contributed by atoms with Crippen LogP contribution in [0, 0.1) is 5.92 Å². The minimum Gasteiger partial charge on any atom is -0.392 e. The summed E-state index contributed by atoms with van der Waals surface area (Å²) in [6, 6.07) is 2.82. The zero-order chi connectivity index (χ0) is 15.6. The average Bonchev–Trinajstić information content (AvgIpc) is 2.89. The highest BCUT2D eigenvalue weighted by atomic mass is 35.5. The van der Waals surface area contributed by atoms with Gasteiger partial charge in [0.25, 0.3) is 0 Å². The molecule has 0 bridgehead atoms. The van der Waals surface area contributed by atoms with E-state index in [1.54, 1.807) is 7.11 Å². The van der Waals surface area contributed by atoms with E-state index in [4.69, 9.17) is 27.9 Å². The topological polar surface area (TPSA) is 66.8 Å². The number of rotatable bonds is 5. The molecular weight excluding hydrogens is 337 g/mol. The molecule has 1 N–H and O–H groups in total. The number of halogens is 2. The third-order valence-electron chi connectivity index (χ3n) is 3.58. The molecule has 0 saturated carbocycles. The van der Waals surface area contributed by atoms with E-state index in [1.165, 1.54) is 16.4 Å². The molecule has 0 amide bonds. The van der Waals surface area contributed by atoms with E-state index in [0.29, 0.717) is 19.7 Å². The molecule has 0 aromatic heterocycles. The van der Waals surface area contributed by atoms with E-state index in [-0.39, 0.29) is 26.4 Å². The highest BCUT2D eigenvalue weighted by Gasteiger charge is 2.34. The fourth-order valence-corrected chi connectivity index (χ4v) is 4.85. The Morgan fingerprint density at radius 2 is 2.14 bits per heavy atom. The fraction of sp³-hybridized carbons (Fsp3) is 0.538. The molecule has 1 atom stereocenters. The zero-order valence-corrected chi connectivity index (χ0v) is 13.9. The molecule has 8 heteroatoms. The number of hydrogen-bond donors (Lipinski definition) is 1. The predicted molar refractivity (Wildman–Crippen MR) is 81.1 cm³/mol. The van der Waals surface area contributed by atoms with Gasteiger partial charge in [0.2, 0.25) is 10.0 Å². The summed E-state index contributed by atoms with van der Waals surface area (Å²) < 4.78 is 31.8. The molecule has 1 aromatic rings. The van der Waals surface area contributed by atoms with Crippen LogP contribution in [-0.4, -0.2) is 44.6 Å². The molecule has 21 heavy (non-hydrogen) atoms. The summed E-state index contributed by atoms with van der Waals surface area (Å²) in [5.41, 5.74) is 0.229. The molecule has 1 aliphatic heterocycles. The Hall–Kier alpha value is -0.370. The van der Waals surface area contributed by atoms with Crippen molar-refractivity contribution in [1.82, 2.24) is 4.31 Å². The van der Waals surface area contributed by atoms with Gasteiger partial charge in [-0.2, -0.15) is 4.31 Å². The van der Waals surface area contributed by atoms with E-state index in [2.05, 4.69) is 0 Å². The minimum absolute atomic E-state index is 0.0137. The lowest BCUT2D eigenvalue weighted by atomic mass is 10.1. The molecule has 0 radical (unpaired) electrons. The van der Waals surface area contributed by atoms with Crippen LogP contribution in [0.25, 0.3) is 0 Å². The van der Waals surface area contributed by atoms with Gasteiger partial charge in [-0.3, -0.25) is 0 Å². The number of methoxy groups -OCH3 is 1. The number of nitrogens with zero attached hydrogens (tertiary/aromatic N) is 1. The first-order valence-electron chi connectivity index (χ1n) is 6.48. The second-order valence-electron chi connectivity index (χ2n) is 4.97. The Balaban J connectivity index is 2.33. The maximum absolute atomic E-state index is 12.7. The van der Waals surface area contributed by atoms with E-state index in [0.717, 1.165) is 6.42 Å². The maximum atomic E-state index is 12.7. The highest BCUT2D eigenvalue weighted by molar-refractivity contribution is 7.89. The van der Waals surface area contributed by atoms with Gasteiger partial charge in [-0.25, -0.2) is 8.42 Å². The second kappa shape index (κ2) is 6.81. The molecule has 0 aliphatic carbocycles. The van der Waals surface area contributed by atoms with Gasteiger partial charge in [-0.1, -0.05) is 23.2 Å². The van der Waals surface area contributed by atoms with Crippen LogP contribution in [0.2, 0.25) is 10.0 Å². The van der Waals surface area contributed by atoms with Crippen molar-refractivity contribution in [1.29, 1.82) is 0 Å². The van der Waals surface area contributed by atoms with Crippen LogP contribution in [0.5, 0.6) is 0 Å². The number of sulfonamides is 1. The summed E-state index contributed by atoms with van der Waals surface area (Å²) in [5.74, 6) is 0.188. The predicted octanol–water partition coefficient (Wildman–Crippen LogP) is 2.14. The molecule has 1 saturated heterocycles. The molecule has 1 aliphatic rings. The quantitative estimate of drug-likeness (QED) is 0.880. The van der Waals surface area contributed by atoms with Crippen LogP contribution in [0.1, 0.15) is 12.0 Å². The Morgan fingerprint density at radius 3 is 2.76 bits per heavy atom. The van der Waals surface area contributed by atoms with E-state index in [9.17, 15) is 13.5 Å². The third kappa shape index (κ3) is 3.36. The van der Waals surface area contributed by atoms with Crippen LogP contribution < -0.4 is 0 Å². The van der Waals surface area contributed by atoms with Crippen molar-refractivity contribution in [3.63, 3.8) is 0 Å². The lowest BCUT2D eigenvalue weighted by Crippen LogP contribution is -2.29. The first-order chi connectivity index (χ1) is 9.91. The number of hydrogen-bond acceptors (Lipinski definition) is 4. The highest BCUT2D eigenvalue weighted by Crippen LogP contribution is 2.34. The van der Waals surface area contributed by atoms with Gasteiger partial charge in [0.15, 0.2) is 0 Å². The molecule has 1 unspecified atom stereocenters. The summed E-state index contributed by atoms with van der Waals surface area (Å²) in [7, 11) is -2.10. The van der Waals surface area contributed by atoms with E-state index < -0.39 is 16.6 Å². The maximum Gasteiger partial charge on any atom is 0.244 e. The second-order valence-corrected chi connectivity index (χ2v) is 7.66. The van der Waals surface area contributed by atoms with E-state index >= 15 is 0 Å². The third-order valence-corrected chi connectivity index (χ3v) is 6.38. The van der Waals surface area contributed by atoms with Gasteiger partial charge in [0.1, 0.15) is 4.90 Å². The SMILES string of the molecule is COCC1CCN(S(=O)(=O)c2ccc(Cl)c(CO)c2Cl)C1. The van der Waals surface area contributed by atoms with Crippen LogP contribution in [0.15, 0.2) is 17.0 Å². The Bertz CT molecular complexity index is 621. The Morgan fingerprint density at radius 1 is 1.43 bits per heavy atom. The zero-order valence-electron chi connectivity index (χ0n) is 11.6. The molecule has 1 aromatic carbocycles. The average molecular weight is 354 g/mol. The van der Waals surface area contributed by atoms with Gasteiger partial charge in [-0.05, 0) is 24.5 Å². The summed E-state index contributed by atoms with van der Waals surface area (Å²) in [6.07, 6.45) is 0.755. The van der Waals surface area contributed by atoms with Crippen LogP contribution in [0.3, 0.4) is 0 Å². The van der Waals surface area contributed by atoms with Crippen molar-refractivity contribution in [2.75, 3.05) is 26.8 Å². The Labute approximate surface area is 134 Å². The van der Waals surface area contributed by atoms with Crippen molar-refractivity contribution < 1.29 is 18.3 Å². The summed E-state index contributed by atoms with van der Waals surface area (Å²) in [4.78, 5) is -0.0179. The van der Waals surface area contributed by atoms with Crippen LogP contribution in [0.4, 0.5) is 0 Å². The molecule has 5 nitrogen and oxygen atoms in total. The summed E-state index contributed by atoms with van der Waals surface area (Å²) in [5, 5.41) is 9.51. The van der Waals surface area contributed by atoms with Crippen LogP contribution in [-0.2, 0) is 21.4 Å². The lowest BCUT2D eigenvalue weighted by molar-refractivity contribution is 0.157. The number of aliphatic hydroxyl groups is 1. The van der Waals surface area contributed by atoms with Gasteiger partial charge < -0.3 is 9.84 Å². The molecule has 118 valence electrons. The number of aliphatic hydroxyl groups excluding tert-OH is 1. The lowest BCUT2D eigenvalue weighted by Gasteiger charge is -2.18. The van der Waals surface area contributed by atoms with Crippen molar-refractivity contribution in [2.45, 2.75) is 17.9 Å². The minimum atomic E-state index is -3.69. The van der Waals surface area contributed by atoms with Gasteiger partial charge >= 0.3 is 0 Å².